The van der Waals surface area contributed by atoms with Gasteiger partial charge in [0.15, 0.2) is 22.5 Å². The molecule has 0 fully saturated rings. The molecule has 3 aromatic carbocycles. The van der Waals surface area contributed by atoms with Gasteiger partial charge in [0.1, 0.15) is 0 Å². The van der Waals surface area contributed by atoms with Crippen molar-refractivity contribution in [2.24, 2.45) is 0 Å². The predicted octanol–water partition coefficient (Wildman–Crippen LogP) is 4.72. The zero-order valence-corrected chi connectivity index (χ0v) is 20.8. The maximum Gasteiger partial charge on any atom is 0.231 e. The van der Waals surface area contributed by atoms with Crippen molar-refractivity contribution in [1.82, 2.24) is 20.1 Å². The van der Waals surface area contributed by atoms with Crippen LogP contribution in [-0.2, 0) is 17.9 Å². The molecule has 1 amide bonds. The molecule has 4 aromatic rings. The number of para-hydroxylation sites is 2. The minimum atomic E-state index is -0.0209. The second kappa shape index (κ2) is 11.2. The summed E-state index contributed by atoms with van der Waals surface area (Å²) in [4.78, 5) is 12.5. The van der Waals surface area contributed by atoms with E-state index in [0.717, 1.165) is 33.7 Å². The molecule has 0 saturated heterocycles. The van der Waals surface area contributed by atoms with Crippen LogP contribution in [0, 0.1) is 6.92 Å². The number of anilines is 1. The number of nitrogens with zero attached hydrogens (tertiary/aromatic N) is 3. The lowest BCUT2D eigenvalue weighted by Crippen LogP contribution is -2.23. The molecule has 8 nitrogen and oxygen atoms in total. The molecule has 1 aromatic heterocycles. The van der Waals surface area contributed by atoms with Gasteiger partial charge < -0.3 is 20.1 Å². The zero-order chi connectivity index (χ0) is 24.7. The number of carbonyl (C=O) groups is 1. The first-order valence-corrected chi connectivity index (χ1v) is 12.7. The van der Waals surface area contributed by atoms with E-state index in [1.807, 2.05) is 65.2 Å². The summed E-state index contributed by atoms with van der Waals surface area (Å²) >= 11 is 1.52. The van der Waals surface area contributed by atoms with Gasteiger partial charge in [-0.25, -0.2) is 0 Å². The van der Waals surface area contributed by atoms with Crippen molar-refractivity contribution in [2.45, 2.75) is 31.6 Å². The molecular weight excluding hydrogens is 474 g/mol. The van der Waals surface area contributed by atoms with E-state index in [2.05, 4.69) is 39.9 Å². The summed E-state index contributed by atoms with van der Waals surface area (Å²) in [5.74, 6) is 2.82. The Morgan fingerprint density at radius 3 is 2.64 bits per heavy atom. The van der Waals surface area contributed by atoms with Crippen LogP contribution in [0.3, 0.4) is 0 Å². The third kappa shape index (κ3) is 5.63. The van der Waals surface area contributed by atoms with Crippen molar-refractivity contribution in [2.75, 3.05) is 17.9 Å². The van der Waals surface area contributed by atoms with Crippen LogP contribution in [0.15, 0.2) is 78.0 Å². The van der Waals surface area contributed by atoms with Gasteiger partial charge in [0.05, 0.1) is 6.54 Å². The van der Waals surface area contributed by atoms with Gasteiger partial charge in [-0.1, -0.05) is 54.2 Å². The number of nitrogens with one attached hydrogen (secondary N) is 2. The Morgan fingerprint density at radius 1 is 0.972 bits per heavy atom. The van der Waals surface area contributed by atoms with Crippen LogP contribution < -0.4 is 20.1 Å². The Labute approximate surface area is 214 Å². The monoisotopic (exact) mass is 501 g/mol. The Kier molecular flexibility index (Phi) is 7.37. The summed E-state index contributed by atoms with van der Waals surface area (Å²) in [6, 6.07) is 23.9. The van der Waals surface area contributed by atoms with Gasteiger partial charge in [0.2, 0.25) is 12.7 Å². The normalized spacial score (nSPS) is 11.9. The fourth-order valence-electron chi connectivity index (χ4n) is 3.87. The van der Waals surface area contributed by atoms with Crippen LogP contribution in [0.2, 0.25) is 0 Å². The molecule has 0 atom stereocenters. The third-order valence-corrected chi connectivity index (χ3v) is 6.71. The quantitative estimate of drug-likeness (QED) is 0.304. The number of hydrogen-bond donors (Lipinski definition) is 2. The first kappa shape index (κ1) is 23.7. The van der Waals surface area contributed by atoms with Gasteiger partial charge in [-0.2, -0.15) is 0 Å². The maximum absolute atomic E-state index is 12.5. The SMILES string of the molecule is Cc1ccccc1NCc1nnc(SCCC(=O)NCc2ccc3c(c2)OCO3)n1-c1ccccc1. The van der Waals surface area contributed by atoms with Crippen molar-refractivity contribution < 1.29 is 14.3 Å². The van der Waals surface area contributed by atoms with E-state index in [1.165, 1.54) is 17.3 Å². The van der Waals surface area contributed by atoms with Crippen molar-refractivity contribution in [3.63, 3.8) is 0 Å². The predicted molar refractivity (Wildman–Crippen MR) is 140 cm³/mol. The molecule has 1 aliphatic heterocycles. The second-order valence-electron chi connectivity index (χ2n) is 8.30. The summed E-state index contributed by atoms with van der Waals surface area (Å²) in [5.41, 5.74) is 4.19. The number of benzene rings is 3. The molecule has 9 heteroatoms. The summed E-state index contributed by atoms with van der Waals surface area (Å²) in [6.07, 6.45) is 0.369. The van der Waals surface area contributed by atoms with Crippen molar-refractivity contribution in [3.05, 3.63) is 89.7 Å². The zero-order valence-electron chi connectivity index (χ0n) is 19.9. The molecule has 36 heavy (non-hydrogen) atoms. The molecule has 184 valence electrons. The lowest BCUT2D eigenvalue weighted by molar-refractivity contribution is -0.120. The molecule has 1 aliphatic rings. The van der Waals surface area contributed by atoms with Gasteiger partial charge in [0.25, 0.3) is 0 Å². The van der Waals surface area contributed by atoms with Gasteiger partial charge in [-0.3, -0.25) is 9.36 Å². The fraction of sp³-hybridized carbons (Fsp3) is 0.222. The van der Waals surface area contributed by atoms with Gasteiger partial charge in [-0.15, -0.1) is 10.2 Å². The van der Waals surface area contributed by atoms with Gasteiger partial charge in [-0.05, 0) is 48.4 Å². The van der Waals surface area contributed by atoms with Crippen LogP contribution in [-0.4, -0.2) is 33.2 Å². The van der Waals surface area contributed by atoms with Gasteiger partial charge >= 0.3 is 0 Å². The molecule has 0 spiro atoms. The summed E-state index contributed by atoms with van der Waals surface area (Å²) < 4.78 is 12.8. The lowest BCUT2D eigenvalue weighted by atomic mass is 10.2. The van der Waals surface area contributed by atoms with Crippen LogP contribution in [0.1, 0.15) is 23.4 Å². The molecular formula is C27H27N5O3S. The van der Waals surface area contributed by atoms with E-state index >= 15 is 0 Å². The van der Waals surface area contributed by atoms with E-state index in [1.54, 1.807) is 0 Å². The minimum absolute atomic E-state index is 0.0209. The highest BCUT2D eigenvalue weighted by Crippen LogP contribution is 2.32. The Balaban J connectivity index is 1.19. The molecule has 0 aliphatic carbocycles. The van der Waals surface area contributed by atoms with Crippen LogP contribution in [0.5, 0.6) is 11.5 Å². The van der Waals surface area contributed by atoms with E-state index < -0.39 is 0 Å². The van der Waals surface area contributed by atoms with E-state index in [4.69, 9.17) is 9.47 Å². The molecule has 0 saturated carbocycles. The molecule has 2 heterocycles. The van der Waals surface area contributed by atoms with Crippen LogP contribution >= 0.6 is 11.8 Å². The fourth-order valence-corrected chi connectivity index (χ4v) is 4.77. The smallest absolute Gasteiger partial charge is 0.231 e. The summed E-state index contributed by atoms with van der Waals surface area (Å²) in [6.45, 7) is 3.28. The minimum Gasteiger partial charge on any atom is -0.454 e. The number of fused-ring (bicyclic) bond motifs is 1. The number of ether oxygens (including phenoxy) is 2. The molecule has 0 unspecified atom stereocenters. The highest BCUT2D eigenvalue weighted by molar-refractivity contribution is 7.99. The van der Waals surface area contributed by atoms with E-state index in [0.29, 0.717) is 31.0 Å². The topological polar surface area (TPSA) is 90.3 Å². The highest BCUT2D eigenvalue weighted by atomic mass is 32.2. The van der Waals surface area contributed by atoms with E-state index in [9.17, 15) is 4.79 Å². The number of hydrogen-bond acceptors (Lipinski definition) is 7. The molecule has 0 radical (unpaired) electrons. The number of amides is 1. The van der Waals surface area contributed by atoms with Crippen LogP contribution in [0.25, 0.3) is 5.69 Å². The second-order valence-corrected chi connectivity index (χ2v) is 9.36. The average Bonchev–Trinajstić information content (AvgIpc) is 3.54. The first-order chi connectivity index (χ1) is 17.7. The summed E-state index contributed by atoms with van der Waals surface area (Å²) in [7, 11) is 0. The van der Waals surface area contributed by atoms with Gasteiger partial charge in [0, 0.05) is 30.1 Å². The summed E-state index contributed by atoms with van der Waals surface area (Å²) in [5, 5.41) is 16.1. The van der Waals surface area contributed by atoms with Crippen molar-refractivity contribution in [1.29, 1.82) is 0 Å². The number of aryl methyl sites for hydroxylation is 1. The Hall–Kier alpha value is -3.98. The maximum atomic E-state index is 12.5. The number of aromatic nitrogens is 3. The molecule has 5 rings (SSSR count). The first-order valence-electron chi connectivity index (χ1n) is 11.7. The van der Waals surface area contributed by atoms with Crippen LogP contribution in [0.4, 0.5) is 5.69 Å². The lowest BCUT2D eigenvalue weighted by Gasteiger charge is -2.12. The van der Waals surface area contributed by atoms with Crippen molar-refractivity contribution >= 4 is 23.4 Å². The average molecular weight is 502 g/mol. The van der Waals surface area contributed by atoms with E-state index in [-0.39, 0.29) is 12.7 Å². The Bertz CT molecular complexity index is 1340. The standard InChI is InChI=1S/C27H27N5O3S/c1-19-7-5-6-10-22(19)28-17-25-30-31-27(32(25)21-8-3-2-4-9-21)36-14-13-26(33)29-16-20-11-12-23-24(15-20)35-18-34-23/h2-12,15,28H,13-14,16-18H2,1H3,(H,29,33). The largest absolute Gasteiger partial charge is 0.454 e. The molecule has 2 N–H and O–H groups in total. The Morgan fingerprint density at radius 2 is 1.78 bits per heavy atom. The molecule has 0 bridgehead atoms. The number of carbonyl (C=O) groups excluding carboxylic acids is 1. The number of rotatable bonds is 10. The highest BCUT2D eigenvalue weighted by Gasteiger charge is 2.16. The van der Waals surface area contributed by atoms with Crippen molar-refractivity contribution in [3.8, 4) is 17.2 Å². The number of thioether (sulfide) groups is 1. The third-order valence-electron chi connectivity index (χ3n) is 5.78.